The van der Waals surface area contributed by atoms with Crippen LogP contribution in [0.25, 0.3) is 0 Å². The number of hydrogen-bond donors (Lipinski definition) is 2. The summed E-state index contributed by atoms with van der Waals surface area (Å²) in [6, 6.07) is 10.7. The van der Waals surface area contributed by atoms with Crippen LogP contribution in [-0.2, 0) is 9.53 Å². The molecule has 0 bridgehead atoms. The van der Waals surface area contributed by atoms with Crippen LogP contribution in [0, 0.1) is 5.92 Å². The van der Waals surface area contributed by atoms with Gasteiger partial charge in [0.1, 0.15) is 0 Å². The van der Waals surface area contributed by atoms with E-state index in [4.69, 9.17) is 10.5 Å². The van der Waals surface area contributed by atoms with Gasteiger partial charge in [-0.15, -0.1) is 0 Å². The smallest absolute Gasteiger partial charge is 0.226 e. The Morgan fingerprint density at radius 2 is 1.82 bits per heavy atom. The lowest BCUT2D eigenvalue weighted by Gasteiger charge is -2.33. The molecule has 1 aliphatic carbocycles. The quantitative estimate of drug-likeness (QED) is 0.902. The van der Waals surface area contributed by atoms with Crippen molar-refractivity contribution in [2.24, 2.45) is 11.7 Å². The van der Waals surface area contributed by atoms with Crippen molar-refractivity contribution in [2.75, 3.05) is 6.61 Å². The largest absolute Gasteiger partial charge is 0.373 e. The first-order chi connectivity index (χ1) is 10.7. The van der Waals surface area contributed by atoms with Crippen molar-refractivity contribution in [3.8, 4) is 0 Å². The van der Waals surface area contributed by atoms with Crippen LogP contribution in [0.4, 0.5) is 0 Å². The third-order valence-electron chi connectivity index (χ3n) is 4.91. The van der Waals surface area contributed by atoms with Gasteiger partial charge in [0, 0.05) is 18.7 Å². The minimum absolute atomic E-state index is 0.0771. The fourth-order valence-corrected chi connectivity index (χ4v) is 3.59. The van der Waals surface area contributed by atoms with Gasteiger partial charge in [0.05, 0.1) is 12.0 Å². The van der Waals surface area contributed by atoms with Crippen molar-refractivity contribution in [1.82, 2.24) is 5.32 Å². The SMILES string of the molecule is NC1CCC(NC(=O)C2CCCOC2c2ccccc2)CC1. The summed E-state index contributed by atoms with van der Waals surface area (Å²) in [5.41, 5.74) is 7.04. The highest BCUT2D eigenvalue weighted by atomic mass is 16.5. The van der Waals surface area contributed by atoms with Gasteiger partial charge in [0.15, 0.2) is 0 Å². The molecule has 4 heteroatoms. The van der Waals surface area contributed by atoms with Crippen molar-refractivity contribution in [3.05, 3.63) is 35.9 Å². The second kappa shape index (κ2) is 7.25. The molecule has 2 aliphatic rings. The highest BCUT2D eigenvalue weighted by molar-refractivity contribution is 5.80. The molecule has 2 fully saturated rings. The second-order valence-electron chi connectivity index (χ2n) is 6.57. The minimum atomic E-state index is -0.110. The number of benzene rings is 1. The Balaban J connectivity index is 1.64. The highest BCUT2D eigenvalue weighted by Gasteiger charge is 2.34. The van der Waals surface area contributed by atoms with E-state index in [0.717, 1.165) is 50.7 Å². The summed E-state index contributed by atoms with van der Waals surface area (Å²) in [6.45, 7) is 0.738. The first-order valence-corrected chi connectivity index (χ1v) is 8.46. The van der Waals surface area contributed by atoms with Crippen molar-refractivity contribution in [3.63, 3.8) is 0 Å². The van der Waals surface area contributed by atoms with E-state index in [1.165, 1.54) is 0 Å². The molecule has 1 saturated carbocycles. The Morgan fingerprint density at radius 1 is 1.09 bits per heavy atom. The van der Waals surface area contributed by atoms with Crippen LogP contribution in [0.5, 0.6) is 0 Å². The van der Waals surface area contributed by atoms with Crippen LogP contribution in [0.3, 0.4) is 0 Å². The molecule has 1 heterocycles. The zero-order valence-corrected chi connectivity index (χ0v) is 13.0. The van der Waals surface area contributed by atoms with E-state index < -0.39 is 0 Å². The van der Waals surface area contributed by atoms with Crippen LogP contribution in [0.15, 0.2) is 30.3 Å². The van der Waals surface area contributed by atoms with E-state index in [9.17, 15) is 4.79 Å². The maximum absolute atomic E-state index is 12.7. The summed E-state index contributed by atoms with van der Waals surface area (Å²) in [6.07, 6.45) is 5.75. The third-order valence-corrected chi connectivity index (χ3v) is 4.91. The second-order valence-corrected chi connectivity index (χ2v) is 6.57. The molecule has 120 valence electrons. The van der Waals surface area contributed by atoms with Crippen molar-refractivity contribution in [2.45, 2.75) is 56.7 Å². The predicted octanol–water partition coefficient (Wildman–Crippen LogP) is 2.54. The zero-order chi connectivity index (χ0) is 15.4. The van der Waals surface area contributed by atoms with Crippen molar-refractivity contribution < 1.29 is 9.53 Å². The summed E-state index contributed by atoms with van der Waals surface area (Å²) in [7, 11) is 0. The topological polar surface area (TPSA) is 64.3 Å². The normalized spacial score (nSPS) is 32.4. The molecule has 2 unspecified atom stereocenters. The fourth-order valence-electron chi connectivity index (χ4n) is 3.59. The van der Waals surface area contributed by atoms with Gasteiger partial charge in [-0.2, -0.15) is 0 Å². The number of hydrogen-bond acceptors (Lipinski definition) is 3. The van der Waals surface area contributed by atoms with Gasteiger partial charge in [-0.05, 0) is 44.1 Å². The molecule has 1 aliphatic heterocycles. The molecule has 1 aromatic rings. The Labute approximate surface area is 132 Å². The van der Waals surface area contributed by atoms with Gasteiger partial charge in [-0.1, -0.05) is 30.3 Å². The minimum Gasteiger partial charge on any atom is -0.373 e. The lowest BCUT2D eigenvalue weighted by molar-refractivity contribution is -0.135. The molecule has 4 nitrogen and oxygen atoms in total. The average molecular weight is 302 g/mol. The van der Waals surface area contributed by atoms with E-state index >= 15 is 0 Å². The number of carbonyl (C=O) groups excluding carboxylic acids is 1. The molecule has 1 saturated heterocycles. The standard InChI is InChI=1S/C18H26N2O2/c19-14-8-10-15(11-9-14)20-18(21)16-7-4-12-22-17(16)13-5-2-1-3-6-13/h1-3,5-6,14-17H,4,7-12,19H2,(H,20,21). The molecule has 2 atom stereocenters. The molecule has 0 radical (unpaired) electrons. The van der Waals surface area contributed by atoms with Crippen LogP contribution in [0.2, 0.25) is 0 Å². The Morgan fingerprint density at radius 3 is 2.55 bits per heavy atom. The van der Waals surface area contributed by atoms with Crippen molar-refractivity contribution >= 4 is 5.91 Å². The number of amides is 1. The molecule has 0 aromatic heterocycles. The molecular formula is C18H26N2O2. The summed E-state index contributed by atoms with van der Waals surface area (Å²) in [5.74, 6) is 0.0702. The van der Waals surface area contributed by atoms with Crippen LogP contribution < -0.4 is 11.1 Å². The van der Waals surface area contributed by atoms with Gasteiger partial charge >= 0.3 is 0 Å². The zero-order valence-electron chi connectivity index (χ0n) is 13.0. The first kappa shape index (κ1) is 15.5. The average Bonchev–Trinajstić information content (AvgIpc) is 2.58. The molecule has 0 spiro atoms. The van der Waals surface area contributed by atoms with Gasteiger partial charge < -0.3 is 15.8 Å². The summed E-state index contributed by atoms with van der Waals surface area (Å²) in [5, 5.41) is 3.23. The predicted molar refractivity (Wildman–Crippen MR) is 86.2 cm³/mol. The number of carbonyl (C=O) groups is 1. The highest BCUT2D eigenvalue weighted by Crippen LogP contribution is 2.34. The van der Waals surface area contributed by atoms with Gasteiger partial charge in [0.25, 0.3) is 0 Å². The molecular weight excluding hydrogens is 276 g/mol. The van der Waals surface area contributed by atoms with E-state index in [0.29, 0.717) is 6.04 Å². The number of nitrogens with two attached hydrogens (primary N) is 1. The fraction of sp³-hybridized carbons (Fsp3) is 0.611. The molecule has 22 heavy (non-hydrogen) atoms. The lowest BCUT2D eigenvalue weighted by atomic mass is 9.87. The van der Waals surface area contributed by atoms with Gasteiger partial charge in [-0.25, -0.2) is 0 Å². The number of ether oxygens (including phenoxy) is 1. The summed E-state index contributed by atoms with van der Waals surface area (Å²) >= 11 is 0. The Bertz CT molecular complexity index is 483. The number of rotatable bonds is 3. The van der Waals surface area contributed by atoms with Crippen LogP contribution in [0.1, 0.15) is 50.2 Å². The van der Waals surface area contributed by atoms with E-state index in [1.54, 1.807) is 0 Å². The first-order valence-electron chi connectivity index (χ1n) is 8.46. The summed E-state index contributed by atoms with van der Waals surface area (Å²) in [4.78, 5) is 12.7. The third kappa shape index (κ3) is 3.68. The number of nitrogens with one attached hydrogen (secondary N) is 1. The van der Waals surface area contributed by atoms with Crippen LogP contribution in [-0.4, -0.2) is 24.6 Å². The lowest BCUT2D eigenvalue weighted by Crippen LogP contribution is -2.45. The molecule has 1 amide bonds. The van der Waals surface area contributed by atoms with Gasteiger partial charge in [-0.3, -0.25) is 4.79 Å². The Hall–Kier alpha value is -1.39. The summed E-state index contributed by atoms with van der Waals surface area (Å²) < 4.78 is 5.92. The van der Waals surface area contributed by atoms with E-state index in [-0.39, 0.29) is 24.0 Å². The van der Waals surface area contributed by atoms with Crippen LogP contribution >= 0.6 is 0 Å². The van der Waals surface area contributed by atoms with E-state index in [1.807, 2.05) is 18.2 Å². The molecule has 3 rings (SSSR count). The Kier molecular flexibility index (Phi) is 5.11. The van der Waals surface area contributed by atoms with E-state index in [2.05, 4.69) is 17.4 Å². The van der Waals surface area contributed by atoms with Crippen molar-refractivity contribution in [1.29, 1.82) is 0 Å². The maximum Gasteiger partial charge on any atom is 0.226 e. The monoisotopic (exact) mass is 302 g/mol. The molecule has 1 aromatic carbocycles. The molecule has 3 N–H and O–H groups in total. The maximum atomic E-state index is 12.7. The van der Waals surface area contributed by atoms with Gasteiger partial charge in [0.2, 0.25) is 5.91 Å².